The van der Waals surface area contributed by atoms with Gasteiger partial charge in [-0.15, -0.1) is 0 Å². The molecule has 0 radical (unpaired) electrons. The largest absolute Gasteiger partial charge is 0.493 e. The molecule has 0 saturated carbocycles. The van der Waals surface area contributed by atoms with E-state index in [0.29, 0.717) is 75.7 Å². The van der Waals surface area contributed by atoms with E-state index in [9.17, 15) is 9.59 Å². The Labute approximate surface area is 208 Å². The Morgan fingerprint density at radius 1 is 0.889 bits per heavy atom. The highest BCUT2D eigenvalue weighted by Crippen LogP contribution is 2.46. The van der Waals surface area contributed by atoms with E-state index in [-0.39, 0.29) is 18.1 Å². The monoisotopic (exact) mass is 494 g/mol. The lowest BCUT2D eigenvalue weighted by atomic mass is 10.0. The predicted molar refractivity (Wildman–Crippen MR) is 136 cm³/mol. The molecular formula is C26H30N4O6. The van der Waals surface area contributed by atoms with Crippen molar-refractivity contribution in [1.82, 2.24) is 15.2 Å². The number of nitrogens with zero attached hydrogens (tertiary/aromatic N) is 1. The molecule has 10 heteroatoms. The molecule has 0 bridgehead atoms. The van der Waals surface area contributed by atoms with Crippen molar-refractivity contribution >= 4 is 16.6 Å². The van der Waals surface area contributed by atoms with Crippen LogP contribution in [0.2, 0.25) is 0 Å². The Morgan fingerprint density at radius 2 is 1.53 bits per heavy atom. The van der Waals surface area contributed by atoms with Gasteiger partial charge in [0.1, 0.15) is 0 Å². The molecule has 36 heavy (non-hydrogen) atoms. The first kappa shape index (κ1) is 24.1. The molecule has 1 aliphatic carbocycles. The van der Waals surface area contributed by atoms with Gasteiger partial charge in [0.05, 0.1) is 30.9 Å². The highest BCUT2D eigenvalue weighted by Gasteiger charge is 2.35. The van der Waals surface area contributed by atoms with Crippen molar-refractivity contribution in [2.24, 2.45) is 5.73 Å². The molecule has 4 N–H and O–H groups in total. The van der Waals surface area contributed by atoms with Crippen molar-refractivity contribution in [3.8, 4) is 34.3 Å². The maximum absolute atomic E-state index is 13.8. The minimum Gasteiger partial charge on any atom is -0.493 e. The fourth-order valence-electron chi connectivity index (χ4n) is 4.85. The third-order valence-corrected chi connectivity index (χ3v) is 6.55. The number of fused-ring (bicyclic) bond motifs is 6. The van der Waals surface area contributed by atoms with Crippen molar-refractivity contribution in [3.05, 3.63) is 45.7 Å². The molecule has 1 aliphatic heterocycles. The Balaban J connectivity index is 1.57. The first-order valence-electron chi connectivity index (χ1n) is 12.0. The lowest BCUT2D eigenvalue weighted by molar-refractivity contribution is 0.104. The number of hydrogen-bond donors (Lipinski definition) is 3. The second-order valence-electron chi connectivity index (χ2n) is 8.66. The van der Waals surface area contributed by atoms with Gasteiger partial charge in [-0.05, 0) is 37.2 Å². The van der Waals surface area contributed by atoms with E-state index in [1.165, 1.54) is 14.2 Å². The van der Waals surface area contributed by atoms with E-state index in [0.717, 1.165) is 26.2 Å². The molecule has 0 fully saturated rings. The van der Waals surface area contributed by atoms with Gasteiger partial charge < -0.3 is 39.9 Å². The van der Waals surface area contributed by atoms with Crippen LogP contribution in [0.25, 0.3) is 22.0 Å². The highest BCUT2D eigenvalue weighted by molar-refractivity contribution is 6.27. The topological polar surface area (TPSA) is 126 Å². The van der Waals surface area contributed by atoms with E-state index in [1.807, 2.05) is 0 Å². The number of ether oxygens (including phenoxy) is 4. The van der Waals surface area contributed by atoms with Gasteiger partial charge in [0, 0.05) is 49.2 Å². The lowest BCUT2D eigenvalue weighted by Gasteiger charge is -2.17. The maximum Gasteiger partial charge on any atom is 0.259 e. The predicted octanol–water partition coefficient (Wildman–Crippen LogP) is 1.49. The van der Waals surface area contributed by atoms with Crippen LogP contribution in [0, 0.1) is 0 Å². The molecule has 2 heterocycles. The zero-order valence-corrected chi connectivity index (χ0v) is 20.4. The second kappa shape index (κ2) is 10.2. The summed E-state index contributed by atoms with van der Waals surface area (Å²) in [6, 6.07) is 6.86. The molecule has 0 atom stereocenters. The number of benzene rings is 2. The van der Waals surface area contributed by atoms with Crippen LogP contribution >= 0.6 is 0 Å². The molecule has 190 valence electrons. The summed E-state index contributed by atoms with van der Waals surface area (Å²) in [6.45, 7) is 4.26. The zero-order chi connectivity index (χ0) is 25.2. The molecular weight excluding hydrogens is 464 g/mol. The second-order valence-corrected chi connectivity index (χ2v) is 8.66. The summed E-state index contributed by atoms with van der Waals surface area (Å²) in [6.07, 6.45) is 0.704. The molecule has 5 rings (SSSR count). The summed E-state index contributed by atoms with van der Waals surface area (Å²) in [4.78, 5) is 27.5. The Hall–Kier alpha value is -3.60. The number of carbonyl (C=O) groups excluding carboxylic acids is 1. The fraction of sp³-hybridized carbons (Fsp3) is 0.385. The van der Waals surface area contributed by atoms with Crippen molar-refractivity contribution in [2.45, 2.75) is 13.0 Å². The minimum atomic E-state index is -0.187. The molecule has 3 aromatic rings. The summed E-state index contributed by atoms with van der Waals surface area (Å²) >= 11 is 0. The van der Waals surface area contributed by atoms with Crippen molar-refractivity contribution in [3.63, 3.8) is 0 Å². The highest BCUT2D eigenvalue weighted by atomic mass is 16.7. The van der Waals surface area contributed by atoms with Crippen LogP contribution in [-0.4, -0.2) is 64.1 Å². The van der Waals surface area contributed by atoms with Crippen LogP contribution in [0.3, 0.4) is 0 Å². The van der Waals surface area contributed by atoms with Gasteiger partial charge >= 0.3 is 0 Å². The fourth-order valence-corrected chi connectivity index (χ4v) is 4.85. The summed E-state index contributed by atoms with van der Waals surface area (Å²) in [5, 5.41) is 7.56. The van der Waals surface area contributed by atoms with E-state index in [2.05, 4.69) is 10.6 Å². The molecule has 0 saturated heterocycles. The van der Waals surface area contributed by atoms with Gasteiger partial charge in [-0.1, -0.05) is 0 Å². The average Bonchev–Trinajstić information content (AvgIpc) is 3.47. The summed E-state index contributed by atoms with van der Waals surface area (Å²) in [5.41, 5.74) is 7.55. The van der Waals surface area contributed by atoms with Gasteiger partial charge in [-0.25, -0.2) is 0 Å². The molecule has 0 unspecified atom stereocenters. The first-order chi connectivity index (χ1) is 17.6. The van der Waals surface area contributed by atoms with Gasteiger partial charge in [-0.3, -0.25) is 9.59 Å². The van der Waals surface area contributed by atoms with E-state index in [4.69, 9.17) is 24.7 Å². The quantitative estimate of drug-likeness (QED) is 0.266. The first-order valence-corrected chi connectivity index (χ1v) is 12.0. The third-order valence-electron chi connectivity index (χ3n) is 6.55. The van der Waals surface area contributed by atoms with Crippen LogP contribution in [0.5, 0.6) is 23.0 Å². The SMILES string of the molecule is COc1cc2c3c(n(CCCNCCNCCN)c(=O)c2cc1OC)-c1cc2c(cc1C3=O)OCO2. The number of carbonyl (C=O) groups is 1. The third kappa shape index (κ3) is 4.06. The Bertz CT molecular complexity index is 1380. The summed E-state index contributed by atoms with van der Waals surface area (Å²) in [5.74, 6) is 1.82. The number of aromatic nitrogens is 1. The minimum absolute atomic E-state index is 0.104. The Morgan fingerprint density at radius 3 is 2.19 bits per heavy atom. The van der Waals surface area contributed by atoms with E-state index >= 15 is 0 Å². The van der Waals surface area contributed by atoms with E-state index in [1.54, 1.807) is 28.8 Å². The average molecular weight is 495 g/mol. The van der Waals surface area contributed by atoms with E-state index < -0.39 is 0 Å². The zero-order valence-electron chi connectivity index (χ0n) is 20.4. The number of rotatable bonds is 11. The maximum atomic E-state index is 13.8. The molecule has 0 spiro atoms. The number of ketones is 1. The van der Waals surface area contributed by atoms with Gasteiger partial charge in [0.2, 0.25) is 6.79 Å². The molecule has 0 amide bonds. The number of methoxy groups -OCH3 is 2. The molecule has 1 aromatic heterocycles. The van der Waals surface area contributed by atoms with Crippen LogP contribution in [0.4, 0.5) is 0 Å². The summed E-state index contributed by atoms with van der Waals surface area (Å²) < 4.78 is 23.7. The normalized spacial score (nSPS) is 13.2. The van der Waals surface area contributed by atoms with Gasteiger partial charge in [0.25, 0.3) is 5.56 Å². The number of hydrogen-bond acceptors (Lipinski definition) is 9. The van der Waals surface area contributed by atoms with Crippen molar-refractivity contribution in [2.75, 3.05) is 53.7 Å². The molecule has 10 nitrogen and oxygen atoms in total. The molecule has 2 aromatic carbocycles. The van der Waals surface area contributed by atoms with Crippen LogP contribution in [0.15, 0.2) is 29.1 Å². The number of nitrogens with two attached hydrogens (primary N) is 1. The standard InChI is InChI=1S/C26H30N4O6/c1-33-19-10-15-18(13-20(19)34-2)26(32)30(9-3-5-28-7-8-29-6-4-27)24-16-11-21-22(36-14-35-21)12-17(16)25(31)23(15)24/h10-13,28-29H,3-9,14,27H2,1-2H3. The molecule has 2 aliphatic rings. The van der Waals surface area contributed by atoms with Crippen LogP contribution in [-0.2, 0) is 6.54 Å². The Kier molecular flexibility index (Phi) is 6.82. The summed E-state index contributed by atoms with van der Waals surface area (Å²) in [7, 11) is 3.05. The number of pyridine rings is 1. The number of nitrogens with one attached hydrogen (secondary N) is 2. The lowest BCUT2D eigenvalue weighted by Crippen LogP contribution is -2.32. The van der Waals surface area contributed by atoms with Crippen molar-refractivity contribution < 1.29 is 23.7 Å². The van der Waals surface area contributed by atoms with Gasteiger partial charge in [-0.2, -0.15) is 0 Å². The van der Waals surface area contributed by atoms with Gasteiger partial charge in [0.15, 0.2) is 28.8 Å². The smallest absolute Gasteiger partial charge is 0.259 e. The van der Waals surface area contributed by atoms with Crippen LogP contribution < -0.4 is 40.9 Å². The van der Waals surface area contributed by atoms with Crippen molar-refractivity contribution in [1.29, 1.82) is 0 Å². The van der Waals surface area contributed by atoms with Crippen LogP contribution in [0.1, 0.15) is 22.3 Å².